The largest absolute Gasteiger partial charge is 0.374 e. The van der Waals surface area contributed by atoms with Crippen LogP contribution >= 0.6 is 0 Å². The van der Waals surface area contributed by atoms with Crippen molar-refractivity contribution in [3.63, 3.8) is 0 Å². The highest BCUT2D eigenvalue weighted by molar-refractivity contribution is 7.89. The van der Waals surface area contributed by atoms with Gasteiger partial charge in [-0.2, -0.15) is 0 Å². The molecular formula is C11H19N5O3S. The zero-order chi connectivity index (χ0) is 14.6. The van der Waals surface area contributed by atoms with Gasteiger partial charge in [-0.1, -0.05) is 0 Å². The summed E-state index contributed by atoms with van der Waals surface area (Å²) < 4.78 is 32.5. The van der Waals surface area contributed by atoms with Gasteiger partial charge in [-0.25, -0.2) is 13.1 Å². The number of nitrogens with zero attached hydrogens (tertiary/aromatic N) is 2. The third-order valence-corrected chi connectivity index (χ3v) is 4.52. The second-order valence-electron chi connectivity index (χ2n) is 4.62. The maximum absolute atomic E-state index is 12.2. The van der Waals surface area contributed by atoms with Crippen molar-refractivity contribution in [1.82, 2.24) is 14.6 Å². The second kappa shape index (κ2) is 6.46. The Labute approximate surface area is 118 Å². The molecule has 1 aliphatic rings. The van der Waals surface area contributed by atoms with Crippen LogP contribution in [-0.2, 0) is 14.8 Å². The van der Waals surface area contributed by atoms with E-state index in [0.29, 0.717) is 18.8 Å². The fourth-order valence-electron chi connectivity index (χ4n) is 1.98. The molecule has 0 bridgehead atoms. The number of ether oxygens (including phenoxy) is 1. The number of sulfonamides is 1. The predicted octanol–water partition coefficient (Wildman–Crippen LogP) is -1.02. The minimum Gasteiger partial charge on any atom is -0.374 e. The summed E-state index contributed by atoms with van der Waals surface area (Å²) in [4.78, 5) is 5.93. The van der Waals surface area contributed by atoms with E-state index in [1.165, 1.54) is 18.5 Å². The fraction of sp³-hybridized carbons (Fsp3) is 0.545. The Morgan fingerprint density at radius 3 is 3.10 bits per heavy atom. The Balaban J connectivity index is 2.04. The Hall–Kier alpha value is -1.26. The highest BCUT2D eigenvalue weighted by atomic mass is 32.2. The third kappa shape index (κ3) is 3.64. The molecule has 0 radical (unpaired) electrons. The summed E-state index contributed by atoms with van der Waals surface area (Å²) in [5.74, 6) is 5.30. The summed E-state index contributed by atoms with van der Waals surface area (Å²) in [6.45, 7) is 2.36. The van der Waals surface area contributed by atoms with E-state index in [0.717, 1.165) is 6.54 Å². The Morgan fingerprint density at radius 1 is 1.60 bits per heavy atom. The van der Waals surface area contributed by atoms with E-state index in [4.69, 9.17) is 10.6 Å². The van der Waals surface area contributed by atoms with Crippen molar-refractivity contribution in [1.29, 1.82) is 0 Å². The molecule has 1 aliphatic heterocycles. The average Bonchev–Trinajstić information content (AvgIpc) is 2.45. The van der Waals surface area contributed by atoms with Crippen LogP contribution in [0, 0.1) is 0 Å². The number of hydrogen-bond acceptors (Lipinski definition) is 7. The van der Waals surface area contributed by atoms with Crippen LogP contribution < -0.4 is 16.0 Å². The van der Waals surface area contributed by atoms with Crippen molar-refractivity contribution in [2.75, 3.05) is 38.7 Å². The molecule has 0 amide bonds. The topological polar surface area (TPSA) is 110 Å². The van der Waals surface area contributed by atoms with Gasteiger partial charge in [0.05, 0.1) is 18.4 Å². The zero-order valence-electron chi connectivity index (χ0n) is 11.2. The number of morpholine rings is 1. The number of pyridine rings is 1. The molecule has 0 saturated carbocycles. The molecule has 1 saturated heterocycles. The Bertz CT molecular complexity index is 551. The normalized spacial score (nSPS) is 20.8. The number of nitrogen functional groups attached to an aromatic ring is 1. The molecule has 1 unspecified atom stereocenters. The van der Waals surface area contributed by atoms with Crippen LogP contribution in [0.5, 0.6) is 0 Å². The maximum atomic E-state index is 12.2. The highest BCUT2D eigenvalue weighted by Crippen LogP contribution is 2.18. The van der Waals surface area contributed by atoms with Gasteiger partial charge < -0.3 is 15.1 Å². The van der Waals surface area contributed by atoms with Crippen molar-refractivity contribution < 1.29 is 13.2 Å². The molecule has 0 spiro atoms. The van der Waals surface area contributed by atoms with Gasteiger partial charge in [-0.15, -0.1) is 0 Å². The monoisotopic (exact) mass is 301 g/mol. The molecule has 1 atom stereocenters. The first-order valence-corrected chi connectivity index (χ1v) is 7.71. The Kier molecular flexibility index (Phi) is 4.89. The van der Waals surface area contributed by atoms with Crippen LogP contribution in [0.2, 0.25) is 0 Å². The summed E-state index contributed by atoms with van der Waals surface area (Å²) in [6, 6.07) is 1.50. The summed E-state index contributed by atoms with van der Waals surface area (Å²) in [5, 5.41) is 0. The standard InChI is InChI=1S/C11H19N5O3S/c1-16-4-5-19-9(8-16)6-14-20(17,18)11-7-13-3-2-10(11)15-12/h2-3,7,9,14H,4-6,8,12H2,1H3,(H,13,15). The van der Waals surface area contributed by atoms with Crippen LogP contribution in [0.4, 0.5) is 5.69 Å². The average molecular weight is 301 g/mol. The molecule has 4 N–H and O–H groups in total. The molecule has 8 nitrogen and oxygen atoms in total. The van der Waals surface area contributed by atoms with Crippen LogP contribution in [-0.4, -0.2) is 57.7 Å². The number of nitrogens with two attached hydrogens (primary N) is 1. The van der Waals surface area contributed by atoms with Crippen molar-refractivity contribution in [3.05, 3.63) is 18.5 Å². The van der Waals surface area contributed by atoms with Crippen molar-refractivity contribution >= 4 is 15.7 Å². The van der Waals surface area contributed by atoms with Crippen LogP contribution in [0.25, 0.3) is 0 Å². The van der Waals surface area contributed by atoms with E-state index >= 15 is 0 Å². The van der Waals surface area contributed by atoms with Gasteiger partial charge in [0.15, 0.2) is 0 Å². The predicted molar refractivity (Wildman–Crippen MR) is 74.5 cm³/mol. The van der Waals surface area contributed by atoms with Gasteiger partial charge in [0.1, 0.15) is 4.90 Å². The lowest BCUT2D eigenvalue weighted by Crippen LogP contribution is -2.45. The van der Waals surface area contributed by atoms with Gasteiger partial charge in [0, 0.05) is 32.0 Å². The number of nitrogens with one attached hydrogen (secondary N) is 2. The number of hydrogen-bond donors (Lipinski definition) is 3. The quantitative estimate of drug-likeness (QED) is 0.471. The first-order chi connectivity index (χ1) is 9.53. The lowest BCUT2D eigenvalue weighted by Gasteiger charge is -2.30. The first kappa shape index (κ1) is 15.1. The van der Waals surface area contributed by atoms with Crippen LogP contribution in [0.1, 0.15) is 0 Å². The molecule has 20 heavy (non-hydrogen) atoms. The summed E-state index contributed by atoms with van der Waals surface area (Å²) in [5.41, 5.74) is 2.65. The molecule has 1 fully saturated rings. The number of anilines is 1. The van der Waals surface area contributed by atoms with Crippen molar-refractivity contribution in [2.24, 2.45) is 5.84 Å². The van der Waals surface area contributed by atoms with E-state index in [1.807, 2.05) is 7.05 Å². The van der Waals surface area contributed by atoms with Gasteiger partial charge in [-0.05, 0) is 13.1 Å². The lowest BCUT2D eigenvalue weighted by atomic mass is 10.3. The highest BCUT2D eigenvalue weighted by Gasteiger charge is 2.23. The molecule has 1 aromatic rings. The molecule has 0 aliphatic carbocycles. The molecule has 1 aromatic heterocycles. The van der Waals surface area contributed by atoms with Gasteiger partial charge >= 0.3 is 0 Å². The number of aromatic nitrogens is 1. The summed E-state index contributed by atoms with van der Waals surface area (Å²) in [6.07, 6.45) is 2.56. The van der Waals surface area contributed by atoms with E-state index in [2.05, 4.69) is 20.0 Å². The van der Waals surface area contributed by atoms with Crippen molar-refractivity contribution in [2.45, 2.75) is 11.0 Å². The van der Waals surface area contributed by atoms with Crippen LogP contribution in [0.3, 0.4) is 0 Å². The van der Waals surface area contributed by atoms with Crippen LogP contribution in [0.15, 0.2) is 23.4 Å². The third-order valence-electron chi connectivity index (χ3n) is 3.07. The molecule has 2 rings (SSSR count). The molecule has 0 aromatic carbocycles. The zero-order valence-corrected chi connectivity index (χ0v) is 12.1. The fourth-order valence-corrected chi connectivity index (χ4v) is 3.16. The van der Waals surface area contributed by atoms with Gasteiger partial charge in [-0.3, -0.25) is 10.8 Å². The Morgan fingerprint density at radius 2 is 2.40 bits per heavy atom. The van der Waals surface area contributed by atoms with Gasteiger partial charge in [0.2, 0.25) is 10.0 Å². The smallest absolute Gasteiger partial charge is 0.244 e. The summed E-state index contributed by atoms with van der Waals surface area (Å²) in [7, 11) is -1.70. The summed E-state index contributed by atoms with van der Waals surface area (Å²) >= 11 is 0. The number of likely N-dealkylation sites (N-methyl/N-ethyl adjacent to an activating group) is 1. The van der Waals surface area contributed by atoms with E-state index < -0.39 is 10.0 Å². The van der Waals surface area contributed by atoms with E-state index in [1.54, 1.807) is 0 Å². The first-order valence-electron chi connectivity index (χ1n) is 6.23. The molecule has 2 heterocycles. The van der Waals surface area contributed by atoms with Crippen molar-refractivity contribution in [3.8, 4) is 0 Å². The molecular weight excluding hydrogens is 282 g/mol. The van der Waals surface area contributed by atoms with E-state index in [-0.39, 0.29) is 17.5 Å². The maximum Gasteiger partial charge on any atom is 0.244 e. The van der Waals surface area contributed by atoms with Gasteiger partial charge in [0.25, 0.3) is 0 Å². The second-order valence-corrected chi connectivity index (χ2v) is 6.36. The minimum absolute atomic E-state index is 0.0201. The molecule has 9 heteroatoms. The molecule has 112 valence electrons. The lowest BCUT2D eigenvalue weighted by molar-refractivity contribution is -0.0156. The SMILES string of the molecule is CN1CCOC(CNS(=O)(=O)c2cnccc2NN)C1. The minimum atomic E-state index is -3.67. The van der Waals surface area contributed by atoms with E-state index in [9.17, 15) is 8.42 Å². The number of hydrazine groups is 1. The number of rotatable bonds is 5.